The predicted molar refractivity (Wildman–Crippen MR) is 117 cm³/mol. The summed E-state index contributed by atoms with van der Waals surface area (Å²) >= 11 is 1.46. The Morgan fingerprint density at radius 2 is 1.88 bits per heavy atom. The van der Waals surface area contributed by atoms with Gasteiger partial charge >= 0.3 is 6.29 Å². The highest BCUT2D eigenvalue weighted by atomic mass is 32.2. The number of fused-ring (bicyclic) bond motifs is 1. The maximum absolute atomic E-state index is 13.1. The van der Waals surface area contributed by atoms with E-state index in [-0.39, 0.29) is 22.8 Å². The average Bonchev–Trinajstić information content (AvgIpc) is 3.04. The maximum atomic E-state index is 13.1. The Bertz CT molecular complexity index is 1110. The highest BCUT2D eigenvalue weighted by Crippen LogP contribution is 2.40. The van der Waals surface area contributed by atoms with Crippen LogP contribution in [0.2, 0.25) is 0 Å². The summed E-state index contributed by atoms with van der Waals surface area (Å²) in [7, 11) is -3.92. The number of rotatable bonds is 9. The molecule has 172 valence electrons. The van der Waals surface area contributed by atoms with Crippen molar-refractivity contribution in [2.45, 2.75) is 30.6 Å². The lowest BCUT2D eigenvalue weighted by atomic mass is 10.2. The Balaban J connectivity index is 1.67. The molecule has 32 heavy (non-hydrogen) atoms. The van der Waals surface area contributed by atoms with Gasteiger partial charge in [-0.15, -0.1) is 8.78 Å². The van der Waals surface area contributed by atoms with E-state index in [9.17, 15) is 22.0 Å². The van der Waals surface area contributed by atoms with Gasteiger partial charge in [0.25, 0.3) is 5.91 Å². The van der Waals surface area contributed by atoms with Crippen molar-refractivity contribution >= 4 is 33.9 Å². The van der Waals surface area contributed by atoms with Crippen LogP contribution in [0.5, 0.6) is 11.5 Å². The highest BCUT2D eigenvalue weighted by Gasteiger charge is 2.43. The van der Waals surface area contributed by atoms with E-state index in [0.29, 0.717) is 11.3 Å². The molecule has 0 fully saturated rings. The molecule has 2 N–H and O–H groups in total. The van der Waals surface area contributed by atoms with Crippen molar-refractivity contribution in [3.63, 3.8) is 0 Å². The van der Waals surface area contributed by atoms with Crippen LogP contribution in [-0.2, 0) is 14.8 Å². The van der Waals surface area contributed by atoms with E-state index >= 15 is 0 Å². The van der Waals surface area contributed by atoms with Gasteiger partial charge in [0.2, 0.25) is 10.0 Å². The van der Waals surface area contributed by atoms with Crippen molar-refractivity contribution in [3.05, 3.63) is 53.6 Å². The van der Waals surface area contributed by atoms with Gasteiger partial charge in [-0.25, -0.2) is 13.8 Å². The molecule has 1 amide bonds. The maximum Gasteiger partial charge on any atom is 0.586 e. The van der Waals surface area contributed by atoms with E-state index in [0.717, 1.165) is 5.56 Å². The standard InChI is InChI=1S/C20H21F2N3O5S2/c1-13-3-6-15(7-4-13)32(27,28)25-16(9-10-31-2)19(26)24-23-12-14-5-8-17-18(11-14)30-20(21,22)29-17/h3-8,11-12,16,25H,9-10H2,1-2H3,(H,24,26)/b23-12+/t16-/m0/s1. The lowest BCUT2D eigenvalue weighted by Crippen LogP contribution is -2.45. The molecular formula is C20H21F2N3O5S2. The van der Waals surface area contributed by atoms with Crippen molar-refractivity contribution in [1.82, 2.24) is 10.1 Å². The van der Waals surface area contributed by atoms with Crippen LogP contribution in [0.25, 0.3) is 0 Å². The molecule has 1 heterocycles. The molecule has 0 bridgehead atoms. The number of carbonyl (C=O) groups is 1. The number of halogens is 2. The van der Waals surface area contributed by atoms with E-state index in [1.54, 1.807) is 12.1 Å². The van der Waals surface area contributed by atoms with Crippen LogP contribution in [0.15, 0.2) is 52.5 Å². The van der Waals surface area contributed by atoms with Crippen molar-refractivity contribution in [1.29, 1.82) is 0 Å². The van der Waals surface area contributed by atoms with Crippen molar-refractivity contribution in [3.8, 4) is 11.5 Å². The second kappa shape index (κ2) is 9.84. The van der Waals surface area contributed by atoms with Gasteiger partial charge in [-0.1, -0.05) is 17.7 Å². The third kappa shape index (κ3) is 6.17. The summed E-state index contributed by atoms with van der Waals surface area (Å²) in [4.78, 5) is 12.6. The molecular weight excluding hydrogens is 464 g/mol. The topological polar surface area (TPSA) is 106 Å². The normalized spacial score (nSPS) is 15.6. The van der Waals surface area contributed by atoms with Crippen LogP contribution in [-0.4, -0.2) is 44.9 Å². The minimum atomic E-state index is -3.92. The fourth-order valence-electron chi connectivity index (χ4n) is 2.75. The number of amides is 1. The minimum absolute atomic E-state index is 0.0470. The Kier molecular flexibility index (Phi) is 7.36. The zero-order chi connectivity index (χ0) is 23.4. The van der Waals surface area contributed by atoms with Crippen LogP contribution < -0.4 is 19.6 Å². The number of carbonyl (C=O) groups excluding carboxylic acids is 1. The van der Waals surface area contributed by atoms with Gasteiger partial charge in [0.15, 0.2) is 11.5 Å². The number of alkyl halides is 2. The molecule has 2 aromatic rings. The SMILES string of the molecule is CSCC[C@H](NS(=O)(=O)c1ccc(C)cc1)C(=O)N/N=C/c1ccc2c(c1)OC(F)(F)O2. The molecule has 1 aliphatic heterocycles. The number of thioether (sulfide) groups is 1. The van der Waals surface area contributed by atoms with Gasteiger partial charge in [0.05, 0.1) is 11.1 Å². The third-order valence-electron chi connectivity index (χ3n) is 4.37. The number of hydrogen-bond donors (Lipinski definition) is 2. The lowest BCUT2D eigenvalue weighted by Gasteiger charge is -2.17. The molecule has 2 aromatic carbocycles. The first kappa shape index (κ1) is 24.0. The van der Waals surface area contributed by atoms with E-state index in [4.69, 9.17) is 0 Å². The highest BCUT2D eigenvalue weighted by molar-refractivity contribution is 7.98. The van der Waals surface area contributed by atoms with Crippen LogP contribution in [0, 0.1) is 6.92 Å². The van der Waals surface area contributed by atoms with Crippen molar-refractivity contribution in [2.24, 2.45) is 5.10 Å². The van der Waals surface area contributed by atoms with Gasteiger partial charge in [-0.2, -0.15) is 21.6 Å². The second-order valence-corrected chi connectivity index (χ2v) is 9.58. The second-order valence-electron chi connectivity index (χ2n) is 6.88. The summed E-state index contributed by atoms with van der Waals surface area (Å²) in [5.41, 5.74) is 3.55. The first-order chi connectivity index (χ1) is 15.1. The quantitative estimate of drug-likeness (QED) is 0.418. The van der Waals surface area contributed by atoms with E-state index in [1.165, 1.54) is 48.3 Å². The fraction of sp³-hybridized carbons (Fsp3) is 0.300. The first-order valence-corrected chi connectivity index (χ1v) is 12.3. The number of sulfonamides is 1. The van der Waals surface area contributed by atoms with Crippen LogP contribution in [0.3, 0.4) is 0 Å². The molecule has 1 aliphatic rings. The first-order valence-electron chi connectivity index (χ1n) is 9.40. The van der Waals surface area contributed by atoms with Crippen molar-refractivity contribution in [2.75, 3.05) is 12.0 Å². The van der Waals surface area contributed by atoms with Gasteiger partial charge in [-0.05, 0) is 61.2 Å². The van der Waals surface area contributed by atoms with E-state index < -0.39 is 28.3 Å². The molecule has 0 spiro atoms. The molecule has 0 radical (unpaired) electrons. The summed E-state index contributed by atoms with van der Waals surface area (Å²) < 4.78 is 62.6. The zero-order valence-electron chi connectivity index (χ0n) is 17.2. The summed E-state index contributed by atoms with van der Waals surface area (Å²) in [6.07, 6.45) is -0.430. The molecule has 0 aliphatic carbocycles. The molecule has 0 aromatic heterocycles. The predicted octanol–water partition coefficient (Wildman–Crippen LogP) is 2.87. The molecule has 0 saturated heterocycles. The number of nitrogens with one attached hydrogen (secondary N) is 2. The molecule has 1 atom stereocenters. The number of nitrogens with zero attached hydrogens (tertiary/aromatic N) is 1. The van der Waals surface area contributed by atoms with Crippen LogP contribution in [0.1, 0.15) is 17.5 Å². The molecule has 12 heteroatoms. The average molecular weight is 486 g/mol. The number of ether oxygens (including phenoxy) is 2. The Hall–Kier alpha value is -2.70. The minimum Gasteiger partial charge on any atom is -0.395 e. The monoisotopic (exact) mass is 485 g/mol. The summed E-state index contributed by atoms with van der Waals surface area (Å²) in [6.45, 7) is 1.84. The van der Waals surface area contributed by atoms with E-state index in [2.05, 4.69) is 24.7 Å². The third-order valence-corrected chi connectivity index (χ3v) is 6.50. The lowest BCUT2D eigenvalue weighted by molar-refractivity contribution is -0.286. The van der Waals surface area contributed by atoms with Gasteiger partial charge in [0, 0.05) is 0 Å². The number of hydrazone groups is 1. The smallest absolute Gasteiger partial charge is 0.395 e. The summed E-state index contributed by atoms with van der Waals surface area (Å²) in [5.74, 6) is -0.389. The summed E-state index contributed by atoms with van der Waals surface area (Å²) in [5, 5.41) is 3.80. The number of hydrogen-bond acceptors (Lipinski definition) is 7. The van der Waals surface area contributed by atoms with Crippen LogP contribution in [0.4, 0.5) is 8.78 Å². The van der Waals surface area contributed by atoms with Gasteiger partial charge in [0.1, 0.15) is 6.04 Å². The molecule has 0 saturated carbocycles. The zero-order valence-corrected chi connectivity index (χ0v) is 18.8. The Labute approximate surface area is 188 Å². The molecule has 0 unspecified atom stereocenters. The number of benzene rings is 2. The molecule has 8 nitrogen and oxygen atoms in total. The van der Waals surface area contributed by atoms with Gasteiger partial charge < -0.3 is 9.47 Å². The fourth-order valence-corrected chi connectivity index (χ4v) is 4.45. The summed E-state index contributed by atoms with van der Waals surface area (Å²) in [6, 6.07) is 9.21. The van der Waals surface area contributed by atoms with E-state index in [1.807, 2.05) is 13.2 Å². The Morgan fingerprint density at radius 3 is 2.56 bits per heavy atom. The van der Waals surface area contributed by atoms with Crippen molar-refractivity contribution < 1.29 is 31.5 Å². The largest absolute Gasteiger partial charge is 0.586 e. The van der Waals surface area contributed by atoms with Gasteiger partial charge in [-0.3, -0.25) is 4.79 Å². The number of aryl methyl sites for hydroxylation is 1. The van der Waals surface area contributed by atoms with Crippen LogP contribution >= 0.6 is 11.8 Å². The Morgan fingerprint density at radius 1 is 1.19 bits per heavy atom. The molecule has 3 rings (SSSR count).